The first-order chi connectivity index (χ1) is 8.80. The van der Waals surface area contributed by atoms with Crippen LogP contribution >= 0.6 is 0 Å². The largest absolute Gasteiger partial charge is 0.497 e. The zero-order valence-electron chi connectivity index (χ0n) is 11.4. The maximum Gasteiger partial charge on any atom is 0.118 e. The van der Waals surface area contributed by atoms with Gasteiger partial charge in [-0.1, -0.05) is 19.1 Å². The van der Waals surface area contributed by atoms with Gasteiger partial charge in [0.25, 0.3) is 0 Å². The van der Waals surface area contributed by atoms with E-state index in [1.54, 1.807) is 7.11 Å². The van der Waals surface area contributed by atoms with E-state index in [2.05, 4.69) is 30.3 Å². The van der Waals surface area contributed by atoms with Crippen molar-refractivity contribution in [3.63, 3.8) is 0 Å². The molecule has 18 heavy (non-hydrogen) atoms. The number of nitrogens with one attached hydrogen (secondary N) is 1. The van der Waals surface area contributed by atoms with Crippen LogP contribution in [0, 0.1) is 12.3 Å². The monoisotopic (exact) mass is 245 g/mol. The zero-order valence-corrected chi connectivity index (χ0v) is 11.4. The molecule has 0 aliphatic carbocycles. The summed E-state index contributed by atoms with van der Waals surface area (Å²) in [6.07, 6.45) is 9.42. The van der Waals surface area contributed by atoms with Gasteiger partial charge in [0.05, 0.1) is 7.11 Å². The van der Waals surface area contributed by atoms with Crippen LogP contribution in [0.25, 0.3) is 0 Å². The molecular weight excluding hydrogens is 222 g/mol. The lowest BCUT2D eigenvalue weighted by Crippen LogP contribution is -2.30. The summed E-state index contributed by atoms with van der Waals surface area (Å²) in [4.78, 5) is 0. The van der Waals surface area contributed by atoms with E-state index in [4.69, 9.17) is 11.2 Å². The quantitative estimate of drug-likeness (QED) is 0.561. The van der Waals surface area contributed by atoms with Gasteiger partial charge in [0.1, 0.15) is 5.75 Å². The predicted octanol–water partition coefficient (Wildman–Crippen LogP) is 3.02. The number of ether oxygens (including phenoxy) is 1. The SMILES string of the molecule is C#CCCCC(Cc1ccc(OC)cc1)NCC. The molecule has 2 nitrogen and oxygen atoms in total. The van der Waals surface area contributed by atoms with Crippen LogP contribution in [0.4, 0.5) is 0 Å². The lowest BCUT2D eigenvalue weighted by molar-refractivity contribution is 0.414. The van der Waals surface area contributed by atoms with Crippen molar-refractivity contribution in [3.8, 4) is 18.1 Å². The van der Waals surface area contributed by atoms with E-state index in [9.17, 15) is 0 Å². The Labute approximate surface area is 111 Å². The van der Waals surface area contributed by atoms with Gasteiger partial charge in [-0.2, -0.15) is 0 Å². The van der Waals surface area contributed by atoms with Crippen LogP contribution in [0.2, 0.25) is 0 Å². The number of methoxy groups -OCH3 is 1. The summed E-state index contributed by atoms with van der Waals surface area (Å²) in [5.74, 6) is 3.61. The summed E-state index contributed by atoms with van der Waals surface area (Å²) in [5, 5.41) is 3.52. The average Bonchev–Trinajstić information content (AvgIpc) is 2.40. The van der Waals surface area contributed by atoms with Crippen molar-refractivity contribution in [2.45, 2.75) is 38.6 Å². The van der Waals surface area contributed by atoms with Crippen molar-refractivity contribution in [1.82, 2.24) is 5.32 Å². The Balaban J connectivity index is 2.50. The Kier molecular flexibility index (Phi) is 6.98. The number of unbranched alkanes of at least 4 members (excludes halogenated alkanes) is 1. The zero-order chi connectivity index (χ0) is 13.2. The molecule has 1 rings (SSSR count). The third kappa shape index (κ3) is 5.25. The molecule has 0 saturated carbocycles. The maximum atomic E-state index is 5.29. The van der Waals surface area contributed by atoms with Gasteiger partial charge >= 0.3 is 0 Å². The number of likely N-dealkylation sites (N-methyl/N-ethyl adjacent to an activating group) is 1. The van der Waals surface area contributed by atoms with E-state index in [1.165, 1.54) is 5.56 Å². The molecule has 1 N–H and O–H groups in total. The van der Waals surface area contributed by atoms with Crippen molar-refractivity contribution in [1.29, 1.82) is 0 Å². The standard InChI is InChI=1S/C16H23NO/c1-4-6-7-8-15(17-5-2)13-14-9-11-16(18-3)12-10-14/h1,9-12,15,17H,5-8,13H2,2-3H3. The highest BCUT2D eigenvalue weighted by molar-refractivity contribution is 5.27. The van der Waals surface area contributed by atoms with Crippen molar-refractivity contribution in [2.75, 3.05) is 13.7 Å². The highest BCUT2D eigenvalue weighted by Gasteiger charge is 2.07. The van der Waals surface area contributed by atoms with E-state index in [0.29, 0.717) is 6.04 Å². The van der Waals surface area contributed by atoms with Gasteiger partial charge in [-0.05, 0) is 43.5 Å². The minimum atomic E-state index is 0.511. The molecule has 0 fully saturated rings. The summed E-state index contributed by atoms with van der Waals surface area (Å²) in [6.45, 7) is 3.14. The first-order valence-corrected chi connectivity index (χ1v) is 6.60. The third-order valence-electron chi connectivity index (χ3n) is 3.01. The molecule has 0 aliphatic rings. The number of benzene rings is 1. The normalized spacial score (nSPS) is 11.8. The van der Waals surface area contributed by atoms with Crippen molar-refractivity contribution < 1.29 is 4.74 Å². The van der Waals surface area contributed by atoms with E-state index < -0.39 is 0 Å². The Morgan fingerprint density at radius 3 is 2.61 bits per heavy atom. The third-order valence-corrected chi connectivity index (χ3v) is 3.01. The molecule has 2 heteroatoms. The molecule has 1 aromatic carbocycles. The van der Waals surface area contributed by atoms with E-state index in [-0.39, 0.29) is 0 Å². The van der Waals surface area contributed by atoms with Crippen molar-refractivity contribution in [3.05, 3.63) is 29.8 Å². The molecule has 0 aliphatic heterocycles. The molecule has 98 valence electrons. The molecule has 0 spiro atoms. The van der Waals surface area contributed by atoms with Gasteiger partial charge in [0.2, 0.25) is 0 Å². The molecule has 1 atom stereocenters. The van der Waals surface area contributed by atoms with Gasteiger partial charge in [-0.3, -0.25) is 0 Å². The first kappa shape index (κ1) is 14.6. The summed E-state index contributed by atoms with van der Waals surface area (Å²) in [6, 6.07) is 8.80. The lowest BCUT2D eigenvalue weighted by atomic mass is 10.0. The Bertz CT molecular complexity index is 364. The lowest BCUT2D eigenvalue weighted by Gasteiger charge is -2.17. The second-order valence-corrected chi connectivity index (χ2v) is 4.40. The second-order valence-electron chi connectivity index (χ2n) is 4.40. The smallest absolute Gasteiger partial charge is 0.118 e. The molecule has 0 aromatic heterocycles. The average molecular weight is 245 g/mol. The molecule has 1 unspecified atom stereocenters. The topological polar surface area (TPSA) is 21.3 Å². The van der Waals surface area contributed by atoms with Crippen LogP contribution < -0.4 is 10.1 Å². The van der Waals surface area contributed by atoms with Gasteiger partial charge < -0.3 is 10.1 Å². The number of rotatable bonds is 8. The maximum absolute atomic E-state index is 5.29. The van der Waals surface area contributed by atoms with Crippen molar-refractivity contribution in [2.24, 2.45) is 0 Å². The molecule has 0 radical (unpaired) electrons. The summed E-state index contributed by atoms with van der Waals surface area (Å²) >= 11 is 0. The first-order valence-electron chi connectivity index (χ1n) is 6.60. The van der Waals surface area contributed by atoms with E-state index in [0.717, 1.165) is 38.0 Å². The van der Waals surface area contributed by atoms with Crippen LogP contribution in [0.3, 0.4) is 0 Å². The van der Waals surface area contributed by atoms with Crippen molar-refractivity contribution >= 4 is 0 Å². The highest BCUT2D eigenvalue weighted by Crippen LogP contribution is 2.14. The van der Waals surface area contributed by atoms with Crippen LogP contribution in [-0.4, -0.2) is 19.7 Å². The van der Waals surface area contributed by atoms with Crippen LogP contribution in [0.5, 0.6) is 5.75 Å². The van der Waals surface area contributed by atoms with Gasteiger partial charge in [-0.25, -0.2) is 0 Å². The minimum Gasteiger partial charge on any atom is -0.497 e. The molecule has 0 bridgehead atoms. The van der Waals surface area contributed by atoms with Crippen LogP contribution in [0.15, 0.2) is 24.3 Å². The predicted molar refractivity (Wildman–Crippen MR) is 76.8 cm³/mol. The van der Waals surface area contributed by atoms with Crippen LogP contribution in [-0.2, 0) is 6.42 Å². The molecule has 0 heterocycles. The second kappa shape index (κ2) is 8.60. The summed E-state index contributed by atoms with van der Waals surface area (Å²) in [7, 11) is 1.69. The minimum absolute atomic E-state index is 0.511. The van der Waals surface area contributed by atoms with Gasteiger partial charge in [-0.15, -0.1) is 12.3 Å². The summed E-state index contributed by atoms with van der Waals surface area (Å²) in [5.41, 5.74) is 1.34. The van der Waals surface area contributed by atoms with Gasteiger partial charge in [0.15, 0.2) is 0 Å². The van der Waals surface area contributed by atoms with E-state index >= 15 is 0 Å². The highest BCUT2D eigenvalue weighted by atomic mass is 16.5. The Morgan fingerprint density at radius 2 is 2.06 bits per heavy atom. The fraction of sp³-hybridized carbons (Fsp3) is 0.500. The number of terminal acetylenes is 1. The number of hydrogen-bond acceptors (Lipinski definition) is 2. The number of hydrogen-bond donors (Lipinski definition) is 1. The summed E-state index contributed by atoms with van der Waals surface area (Å²) < 4.78 is 5.16. The fourth-order valence-electron chi connectivity index (χ4n) is 2.06. The fourth-order valence-corrected chi connectivity index (χ4v) is 2.06. The Hall–Kier alpha value is -1.46. The molecule has 1 aromatic rings. The van der Waals surface area contributed by atoms with E-state index in [1.807, 2.05) is 12.1 Å². The molecule has 0 saturated heterocycles. The Morgan fingerprint density at radius 1 is 1.33 bits per heavy atom. The van der Waals surface area contributed by atoms with Gasteiger partial charge in [0, 0.05) is 12.5 Å². The van der Waals surface area contributed by atoms with Crippen LogP contribution in [0.1, 0.15) is 31.7 Å². The molecular formula is C16H23NO. The molecule has 0 amide bonds.